The zero-order valence-corrected chi connectivity index (χ0v) is 16.3. The summed E-state index contributed by atoms with van der Waals surface area (Å²) < 4.78 is 0. The molecule has 0 aliphatic rings. The molecule has 4 nitrogen and oxygen atoms in total. The second kappa shape index (κ2) is 9.16. The monoisotopic (exact) mass is 389 g/mol. The largest absolute Gasteiger partial charge is 0.345 e. The van der Waals surface area contributed by atoms with E-state index in [0.717, 1.165) is 23.8 Å². The lowest BCUT2D eigenvalue weighted by atomic mass is 10.0. The number of nitrogens with one attached hydrogen (secondary N) is 1. The van der Waals surface area contributed by atoms with E-state index in [1.54, 1.807) is 12.1 Å². The number of para-hydroxylation sites is 1. The zero-order chi connectivity index (χ0) is 19.9. The molecule has 0 saturated heterocycles. The van der Waals surface area contributed by atoms with Gasteiger partial charge in [-0.25, -0.2) is 4.98 Å². The Morgan fingerprint density at radius 3 is 2.68 bits per heavy atom. The summed E-state index contributed by atoms with van der Waals surface area (Å²) >= 11 is 6.21. The molecule has 0 fully saturated rings. The molecule has 0 spiro atoms. The molecule has 3 aromatic rings. The molecule has 1 atom stereocenters. The maximum absolute atomic E-state index is 12.7. The SMILES string of the molecule is CCCC(NC(=O)/C(C#N)=C/c1ccc2cccc(Cl)c2n1)c1ccccc1. The minimum absolute atomic E-state index is 0.0101. The molecule has 0 saturated carbocycles. The fourth-order valence-corrected chi connectivity index (χ4v) is 3.26. The standard InChI is InChI=1S/C23H20ClN3O/c1-2-7-21(16-8-4-3-5-9-16)27-23(28)18(15-25)14-19-13-12-17-10-6-11-20(24)22(17)26-19/h3-6,8-14,21H,2,7H2,1H3,(H,27,28)/b18-14+. The van der Waals surface area contributed by atoms with Gasteiger partial charge in [-0.2, -0.15) is 5.26 Å². The van der Waals surface area contributed by atoms with Gasteiger partial charge in [0.05, 0.1) is 22.3 Å². The van der Waals surface area contributed by atoms with E-state index in [4.69, 9.17) is 11.6 Å². The van der Waals surface area contributed by atoms with Crippen LogP contribution in [0.15, 0.2) is 66.2 Å². The van der Waals surface area contributed by atoms with Crippen LogP contribution < -0.4 is 5.32 Å². The molecule has 0 aliphatic carbocycles. The van der Waals surface area contributed by atoms with Crippen molar-refractivity contribution in [1.29, 1.82) is 5.26 Å². The Kier molecular flexibility index (Phi) is 6.41. The number of rotatable bonds is 6. The van der Waals surface area contributed by atoms with Crippen molar-refractivity contribution in [3.05, 3.63) is 82.5 Å². The van der Waals surface area contributed by atoms with Gasteiger partial charge in [0.15, 0.2) is 0 Å². The van der Waals surface area contributed by atoms with E-state index in [0.29, 0.717) is 16.2 Å². The lowest BCUT2D eigenvalue weighted by molar-refractivity contribution is -0.117. The zero-order valence-electron chi connectivity index (χ0n) is 15.5. The molecule has 1 amide bonds. The average molecular weight is 390 g/mol. The molecule has 2 aromatic carbocycles. The van der Waals surface area contributed by atoms with Crippen LogP contribution in [0.5, 0.6) is 0 Å². The van der Waals surface area contributed by atoms with Crippen molar-refractivity contribution in [2.24, 2.45) is 0 Å². The fraction of sp³-hybridized carbons (Fsp3) is 0.174. The predicted octanol–water partition coefficient (Wildman–Crippen LogP) is 5.45. The van der Waals surface area contributed by atoms with Crippen molar-refractivity contribution in [2.45, 2.75) is 25.8 Å². The van der Waals surface area contributed by atoms with Gasteiger partial charge >= 0.3 is 0 Å². The number of fused-ring (bicyclic) bond motifs is 1. The summed E-state index contributed by atoms with van der Waals surface area (Å²) in [5.41, 5.74) is 2.18. The van der Waals surface area contributed by atoms with Gasteiger partial charge in [0.1, 0.15) is 11.6 Å². The van der Waals surface area contributed by atoms with Crippen molar-refractivity contribution >= 4 is 34.5 Å². The van der Waals surface area contributed by atoms with Crippen LogP contribution in [0, 0.1) is 11.3 Å². The number of carbonyl (C=O) groups excluding carboxylic acids is 1. The molecule has 1 aromatic heterocycles. The molecule has 0 bridgehead atoms. The molecular formula is C23H20ClN3O. The second-order valence-corrected chi connectivity index (χ2v) is 6.85. The van der Waals surface area contributed by atoms with Gasteiger partial charge in [-0.05, 0) is 30.2 Å². The lowest BCUT2D eigenvalue weighted by Crippen LogP contribution is -2.29. The Hall–Kier alpha value is -3.16. The normalized spacial score (nSPS) is 12.4. The number of benzene rings is 2. The van der Waals surface area contributed by atoms with E-state index >= 15 is 0 Å². The lowest BCUT2D eigenvalue weighted by Gasteiger charge is -2.18. The number of amides is 1. The van der Waals surface area contributed by atoms with Crippen LogP contribution >= 0.6 is 11.6 Å². The second-order valence-electron chi connectivity index (χ2n) is 6.44. The first kappa shape index (κ1) is 19.6. The highest BCUT2D eigenvalue weighted by molar-refractivity contribution is 6.35. The Morgan fingerprint density at radius 2 is 1.96 bits per heavy atom. The fourth-order valence-electron chi connectivity index (χ4n) is 3.04. The number of nitrogens with zero attached hydrogens (tertiary/aromatic N) is 2. The highest BCUT2D eigenvalue weighted by Crippen LogP contribution is 2.23. The Balaban J connectivity index is 1.86. The highest BCUT2D eigenvalue weighted by Gasteiger charge is 2.17. The molecule has 0 aliphatic heterocycles. The van der Waals surface area contributed by atoms with Crippen LogP contribution in [-0.2, 0) is 4.79 Å². The quantitative estimate of drug-likeness (QED) is 0.450. The summed E-state index contributed by atoms with van der Waals surface area (Å²) in [4.78, 5) is 17.2. The van der Waals surface area contributed by atoms with Gasteiger partial charge in [0, 0.05) is 5.39 Å². The minimum atomic E-state index is -0.411. The van der Waals surface area contributed by atoms with E-state index in [1.807, 2.05) is 54.6 Å². The topological polar surface area (TPSA) is 65.8 Å². The Bertz CT molecular complexity index is 1050. The van der Waals surface area contributed by atoms with Gasteiger partial charge in [-0.1, -0.05) is 73.5 Å². The molecule has 1 heterocycles. The smallest absolute Gasteiger partial charge is 0.262 e. The third kappa shape index (κ3) is 4.57. The first-order chi connectivity index (χ1) is 13.6. The van der Waals surface area contributed by atoms with Crippen molar-refractivity contribution in [3.63, 3.8) is 0 Å². The minimum Gasteiger partial charge on any atom is -0.345 e. The molecule has 0 radical (unpaired) electrons. The van der Waals surface area contributed by atoms with Crippen LogP contribution in [0.25, 0.3) is 17.0 Å². The van der Waals surface area contributed by atoms with E-state index in [9.17, 15) is 10.1 Å². The van der Waals surface area contributed by atoms with Crippen LogP contribution in [0.3, 0.4) is 0 Å². The summed E-state index contributed by atoms with van der Waals surface area (Å²) in [6, 6.07) is 20.8. The van der Waals surface area contributed by atoms with Gasteiger partial charge in [-0.15, -0.1) is 0 Å². The summed E-state index contributed by atoms with van der Waals surface area (Å²) in [5.74, 6) is -0.411. The number of nitriles is 1. The molecule has 140 valence electrons. The molecule has 5 heteroatoms. The van der Waals surface area contributed by atoms with Crippen molar-refractivity contribution < 1.29 is 4.79 Å². The van der Waals surface area contributed by atoms with Gasteiger partial charge in [0.2, 0.25) is 0 Å². The van der Waals surface area contributed by atoms with E-state index in [2.05, 4.69) is 17.2 Å². The van der Waals surface area contributed by atoms with Gasteiger partial charge < -0.3 is 5.32 Å². The molecule has 1 unspecified atom stereocenters. The van der Waals surface area contributed by atoms with E-state index in [1.165, 1.54) is 6.08 Å². The third-order valence-electron chi connectivity index (χ3n) is 4.43. The van der Waals surface area contributed by atoms with Crippen LogP contribution in [0.1, 0.15) is 37.1 Å². The summed E-state index contributed by atoms with van der Waals surface area (Å²) in [6.07, 6.45) is 3.20. The third-order valence-corrected chi connectivity index (χ3v) is 4.74. The molecule has 1 N–H and O–H groups in total. The van der Waals surface area contributed by atoms with E-state index < -0.39 is 5.91 Å². The van der Waals surface area contributed by atoms with Crippen molar-refractivity contribution in [2.75, 3.05) is 0 Å². The maximum atomic E-state index is 12.7. The Morgan fingerprint density at radius 1 is 1.18 bits per heavy atom. The predicted molar refractivity (Wildman–Crippen MR) is 113 cm³/mol. The molecular weight excluding hydrogens is 370 g/mol. The number of halogens is 1. The first-order valence-corrected chi connectivity index (χ1v) is 9.53. The van der Waals surface area contributed by atoms with E-state index in [-0.39, 0.29) is 11.6 Å². The highest BCUT2D eigenvalue weighted by atomic mass is 35.5. The molecule has 3 rings (SSSR count). The van der Waals surface area contributed by atoms with Crippen molar-refractivity contribution in [3.8, 4) is 6.07 Å². The van der Waals surface area contributed by atoms with Crippen LogP contribution in [0.2, 0.25) is 5.02 Å². The van der Waals surface area contributed by atoms with Gasteiger partial charge in [-0.3, -0.25) is 4.79 Å². The Labute approximate surface area is 169 Å². The first-order valence-electron chi connectivity index (χ1n) is 9.15. The van der Waals surface area contributed by atoms with Gasteiger partial charge in [0.25, 0.3) is 5.91 Å². The summed E-state index contributed by atoms with van der Waals surface area (Å²) in [5, 5.41) is 13.9. The summed E-state index contributed by atoms with van der Waals surface area (Å²) in [7, 11) is 0. The van der Waals surface area contributed by atoms with Crippen LogP contribution in [0.4, 0.5) is 0 Å². The average Bonchev–Trinajstić information content (AvgIpc) is 2.72. The number of carbonyl (C=O) groups is 1. The number of pyridine rings is 1. The molecule has 28 heavy (non-hydrogen) atoms. The van der Waals surface area contributed by atoms with Crippen molar-refractivity contribution in [1.82, 2.24) is 10.3 Å². The number of hydrogen-bond acceptors (Lipinski definition) is 3. The maximum Gasteiger partial charge on any atom is 0.262 e. The van der Waals surface area contributed by atoms with Crippen LogP contribution in [-0.4, -0.2) is 10.9 Å². The number of aromatic nitrogens is 1. The summed E-state index contributed by atoms with van der Waals surface area (Å²) in [6.45, 7) is 2.06. The number of hydrogen-bond donors (Lipinski definition) is 1.